The minimum Gasteiger partial charge on any atom is -0.507 e. The highest BCUT2D eigenvalue weighted by molar-refractivity contribution is 5.81. The van der Waals surface area contributed by atoms with Crippen molar-refractivity contribution >= 4 is 6.29 Å². The Labute approximate surface area is 83.3 Å². The first-order valence-electron chi connectivity index (χ1n) is 4.46. The molecule has 0 spiro atoms. The van der Waals surface area contributed by atoms with Crippen molar-refractivity contribution in [2.75, 3.05) is 7.11 Å². The molecule has 0 amide bonds. The summed E-state index contributed by atoms with van der Waals surface area (Å²) in [4.78, 5) is 10.6. The number of aldehydes is 1. The fourth-order valence-electron chi connectivity index (χ4n) is 1.44. The van der Waals surface area contributed by atoms with E-state index in [9.17, 15) is 9.90 Å². The second-order valence-electron chi connectivity index (χ2n) is 3.39. The molecule has 1 rings (SSSR count). The maximum Gasteiger partial charge on any atom is 0.153 e. The topological polar surface area (TPSA) is 46.5 Å². The van der Waals surface area contributed by atoms with Crippen LogP contribution in [0.15, 0.2) is 12.1 Å². The number of rotatable bonds is 3. The minimum absolute atomic E-state index is 0.0225. The molecule has 0 bridgehead atoms. The van der Waals surface area contributed by atoms with E-state index >= 15 is 0 Å². The van der Waals surface area contributed by atoms with Crippen LogP contribution in [0.2, 0.25) is 0 Å². The lowest BCUT2D eigenvalue weighted by Crippen LogP contribution is -1.97. The maximum atomic E-state index is 10.6. The number of hydrogen-bond acceptors (Lipinski definition) is 3. The molecule has 0 aliphatic carbocycles. The molecule has 0 saturated heterocycles. The van der Waals surface area contributed by atoms with Crippen molar-refractivity contribution in [2.45, 2.75) is 19.8 Å². The number of ether oxygens (including phenoxy) is 1. The zero-order chi connectivity index (χ0) is 10.7. The lowest BCUT2D eigenvalue weighted by molar-refractivity contribution is 0.112. The molecule has 3 nitrogen and oxygen atoms in total. The zero-order valence-corrected chi connectivity index (χ0v) is 8.57. The Morgan fingerprint density at radius 3 is 2.50 bits per heavy atom. The molecule has 0 heterocycles. The summed E-state index contributed by atoms with van der Waals surface area (Å²) < 4.78 is 5.11. The summed E-state index contributed by atoms with van der Waals surface area (Å²) in [5, 5.41) is 9.76. The molecule has 1 aromatic rings. The van der Waals surface area contributed by atoms with Crippen LogP contribution in [0.3, 0.4) is 0 Å². The molecular formula is C11H14O3. The molecule has 0 atom stereocenters. The third-order valence-corrected chi connectivity index (χ3v) is 2.13. The third-order valence-electron chi connectivity index (χ3n) is 2.13. The van der Waals surface area contributed by atoms with Gasteiger partial charge in [0.25, 0.3) is 0 Å². The molecule has 14 heavy (non-hydrogen) atoms. The van der Waals surface area contributed by atoms with Gasteiger partial charge in [0, 0.05) is 5.56 Å². The van der Waals surface area contributed by atoms with E-state index in [-0.39, 0.29) is 11.7 Å². The number of hydrogen-bond donors (Lipinski definition) is 1. The standard InChI is InChI=1S/C11H14O3/c1-7(2)10-9(14-3)5-4-8(6-12)11(10)13/h4-7,13H,1-3H3. The molecule has 1 aromatic carbocycles. The van der Waals surface area contributed by atoms with Crippen molar-refractivity contribution in [2.24, 2.45) is 0 Å². The van der Waals surface area contributed by atoms with Gasteiger partial charge in [0.2, 0.25) is 0 Å². The predicted molar refractivity (Wildman–Crippen MR) is 54.1 cm³/mol. The zero-order valence-electron chi connectivity index (χ0n) is 8.57. The summed E-state index contributed by atoms with van der Waals surface area (Å²) in [6.45, 7) is 3.87. The van der Waals surface area contributed by atoms with Gasteiger partial charge in [-0.1, -0.05) is 13.8 Å². The van der Waals surface area contributed by atoms with Crippen molar-refractivity contribution in [1.29, 1.82) is 0 Å². The summed E-state index contributed by atoms with van der Waals surface area (Å²) in [5.74, 6) is 0.752. The number of benzene rings is 1. The molecular weight excluding hydrogens is 180 g/mol. The molecule has 0 saturated carbocycles. The van der Waals surface area contributed by atoms with Crippen molar-refractivity contribution in [1.82, 2.24) is 0 Å². The second-order valence-corrected chi connectivity index (χ2v) is 3.39. The van der Waals surface area contributed by atoms with Gasteiger partial charge in [0.05, 0.1) is 12.7 Å². The smallest absolute Gasteiger partial charge is 0.153 e. The van der Waals surface area contributed by atoms with Crippen molar-refractivity contribution < 1.29 is 14.6 Å². The normalized spacial score (nSPS) is 10.3. The fraction of sp³-hybridized carbons (Fsp3) is 0.364. The lowest BCUT2D eigenvalue weighted by atomic mass is 9.98. The molecule has 3 heteroatoms. The van der Waals surface area contributed by atoms with Crippen LogP contribution in [-0.4, -0.2) is 18.5 Å². The molecule has 76 valence electrons. The van der Waals surface area contributed by atoms with E-state index < -0.39 is 0 Å². The number of methoxy groups -OCH3 is 1. The first-order chi connectivity index (χ1) is 6.61. The van der Waals surface area contributed by atoms with Gasteiger partial charge in [-0.15, -0.1) is 0 Å². The Morgan fingerprint density at radius 2 is 2.07 bits per heavy atom. The third kappa shape index (κ3) is 1.71. The number of aromatic hydroxyl groups is 1. The van der Waals surface area contributed by atoms with E-state index in [0.29, 0.717) is 23.2 Å². The molecule has 0 aliphatic heterocycles. The van der Waals surface area contributed by atoms with Gasteiger partial charge in [-0.2, -0.15) is 0 Å². The van der Waals surface area contributed by atoms with Gasteiger partial charge in [-0.3, -0.25) is 4.79 Å². The van der Waals surface area contributed by atoms with E-state index in [1.807, 2.05) is 13.8 Å². The van der Waals surface area contributed by atoms with Gasteiger partial charge in [-0.25, -0.2) is 0 Å². The van der Waals surface area contributed by atoms with Crippen LogP contribution in [0.1, 0.15) is 35.7 Å². The Kier molecular flexibility index (Phi) is 3.12. The summed E-state index contributed by atoms with van der Waals surface area (Å²) in [6, 6.07) is 3.24. The van der Waals surface area contributed by atoms with Crippen LogP contribution in [0.5, 0.6) is 11.5 Å². The summed E-state index contributed by atoms with van der Waals surface area (Å²) in [7, 11) is 1.54. The molecule has 0 aromatic heterocycles. The first kappa shape index (κ1) is 10.6. The van der Waals surface area contributed by atoms with E-state index in [4.69, 9.17) is 4.74 Å². The highest BCUT2D eigenvalue weighted by Crippen LogP contribution is 2.36. The Bertz CT molecular complexity index is 343. The van der Waals surface area contributed by atoms with Gasteiger partial charge in [0.15, 0.2) is 6.29 Å². The first-order valence-corrected chi connectivity index (χ1v) is 4.46. The van der Waals surface area contributed by atoms with Gasteiger partial charge in [0.1, 0.15) is 11.5 Å². The van der Waals surface area contributed by atoms with E-state index in [2.05, 4.69) is 0 Å². The quantitative estimate of drug-likeness (QED) is 0.751. The van der Waals surface area contributed by atoms with Gasteiger partial charge < -0.3 is 9.84 Å². The van der Waals surface area contributed by atoms with Crippen molar-refractivity contribution in [3.63, 3.8) is 0 Å². The van der Waals surface area contributed by atoms with Crippen molar-refractivity contribution in [3.8, 4) is 11.5 Å². The van der Waals surface area contributed by atoms with Crippen LogP contribution in [0.25, 0.3) is 0 Å². The molecule has 0 fully saturated rings. The van der Waals surface area contributed by atoms with Crippen LogP contribution < -0.4 is 4.74 Å². The summed E-state index contributed by atoms with van der Waals surface area (Å²) in [6.07, 6.45) is 0.640. The summed E-state index contributed by atoms with van der Waals surface area (Å²) in [5.41, 5.74) is 0.978. The number of carbonyl (C=O) groups excluding carboxylic acids is 1. The van der Waals surface area contributed by atoms with Crippen LogP contribution >= 0.6 is 0 Å². The molecule has 0 radical (unpaired) electrons. The Balaban J connectivity index is 3.38. The number of carbonyl (C=O) groups is 1. The van der Waals surface area contributed by atoms with Crippen LogP contribution in [0.4, 0.5) is 0 Å². The number of phenolic OH excluding ortho intramolecular Hbond substituents is 1. The molecule has 0 aliphatic rings. The van der Waals surface area contributed by atoms with E-state index in [1.54, 1.807) is 19.2 Å². The molecule has 0 unspecified atom stereocenters. The van der Waals surface area contributed by atoms with Crippen LogP contribution in [0, 0.1) is 0 Å². The molecule has 1 N–H and O–H groups in total. The average Bonchev–Trinajstić information content (AvgIpc) is 2.16. The lowest BCUT2D eigenvalue weighted by Gasteiger charge is -2.14. The van der Waals surface area contributed by atoms with Gasteiger partial charge in [-0.05, 0) is 18.1 Å². The minimum atomic E-state index is 0.0225. The van der Waals surface area contributed by atoms with Crippen LogP contribution in [-0.2, 0) is 0 Å². The fourth-order valence-corrected chi connectivity index (χ4v) is 1.44. The van der Waals surface area contributed by atoms with Gasteiger partial charge >= 0.3 is 0 Å². The summed E-state index contributed by atoms with van der Waals surface area (Å²) >= 11 is 0. The van der Waals surface area contributed by atoms with Crippen molar-refractivity contribution in [3.05, 3.63) is 23.3 Å². The highest BCUT2D eigenvalue weighted by atomic mass is 16.5. The van der Waals surface area contributed by atoms with E-state index in [0.717, 1.165) is 0 Å². The number of phenols is 1. The average molecular weight is 194 g/mol. The second kappa shape index (κ2) is 4.13. The predicted octanol–water partition coefficient (Wildman–Crippen LogP) is 2.34. The SMILES string of the molecule is COc1ccc(C=O)c(O)c1C(C)C. The monoisotopic (exact) mass is 194 g/mol. The largest absolute Gasteiger partial charge is 0.507 e. The van der Waals surface area contributed by atoms with E-state index in [1.165, 1.54) is 0 Å². The maximum absolute atomic E-state index is 10.6. The Morgan fingerprint density at radius 1 is 1.43 bits per heavy atom. The Hall–Kier alpha value is -1.51. The highest BCUT2D eigenvalue weighted by Gasteiger charge is 2.15.